The van der Waals surface area contributed by atoms with Gasteiger partial charge in [0.05, 0.1) is 14.2 Å². The Morgan fingerprint density at radius 1 is 0.759 bits per heavy atom. The van der Waals surface area contributed by atoms with E-state index in [9.17, 15) is 0 Å². The van der Waals surface area contributed by atoms with Crippen LogP contribution in [0.3, 0.4) is 0 Å². The Balaban J connectivity index is 1.96. The molecule has 0 amide bonds. The third kappa shape index (κ3) is 3.46. The standard InChI is InChI=1S/C26H37O2P/c1-27-22-16-11-17-23(28-2)24(22)25(20-12-5-3-6-13-20)18-9-10-19-26(25,29)21-14-7-4-8-15-21/h9-11,16-21H,3-8,12-15,29H2,1-2H3. The molecule has 0 aliphatic heterocycles. The average molecular weight is 413 g/mol. The highest BCUT2D eigenvalue weighted by Gasteiger charge is 2.57. The second kappa shape index (κ2) is 8.84. The third-order valence-electron chi connectivity index (χ3n) is 7.93. The highest BCUT2D eigenvalue weighted by atomic mass is 31.0. The van der Waals surface area contributed by atoms with Crippen molar-refractivity contribution >= 4 is 9.24 Å². The molecule has 0 heterocycles. The summed E-state index contributed by atoms with van der Waals surface area (Å²) >= 11 is 0. The molecule has 3 aliphatic rings. The maximum absolute atomic E-state index is 5.99. The number of ether oxygens (including phenoxy) is 2. The fraction of sp³-hybridized carbons (Fsp3) is 0.615. The summed E-state index contributed by atoms with van der Waals surface area (Å²) in [6.07, 6.45) is 22.9. The van der Waals surface area contributed by atoms with E-state index in [-0.39, 0.29) is 10.6 Å². The molecule has 1 aromatic rings. The fourth-order valence-corrected chi connectivity index (χ4v) is 7.49. The maximum Gasteiger partial charge on any atom is 0.126 e. The quantitative estimate of drug-likeness (QED) is 0.493. The predicted octanol–water partition coefficient (Wildman–Crippen LogP) is 6.84. The summed E-state index contributed by atoms with van der Waals surface area (Å²) < 4.78 is 12.0. The van der Waals surface area contributed by atoms with Crippen LogP contribution in [-0.4, -0.2) is 19.4 Å². The summed E-state index contributed by atoms with van der Waals surface area (Å²) in [5.74, 6) is 3.20. The van der Waals surface area contributed by atoms with Crippen molar-refractivity contribution in [3.63, 3.8) is 0 Å². The van der Waals surface area contributed by atoms with E-state index >= 15 is 0 Å². The Bertz CT molecular complexity index is 736. The Morgan fingerprint density at radius 3 is 1.83 bits per heavy atom. The van der Waals surface area contributed by atoms with Crippen LogP contribution in [0.4, 0.5) is 0 Å². The van der Waals surface area contributed by atoms with Gasteiger partial charge in [-0.3, -0.25) is 0 Å². The molecule has 0 aromatic heterocycles. The minimum Gasteiger partial charge on any atom is -0.496 e. The predicted molar refractivity (Wildman–Crippen MR) is 125 cm³/mol. The maximum atomic E-state index is 5.99. The molecule has 0 spiro atoms. The SMILES string of the molecule is COc1cccc(OC)c1C1(C2CCCCC2)C=CC=CC1(P)C1CCCCC1. The number of rotatable bonds is 5. The van der Waals surface area contributed by atoms with Gasteiger partial charge in [0.15, 0.2) is 0 Å². The molecule has 4 rings (SSSR count). The van der Waals surface area contributed by atoms with Gasteiger partial charge in [-0.2, -0.15) is 0 Å². The topological polar surface area (TPSA) is 18.5 Å². The first kappa shape index (κ1) is 21.0. The number of hydrogen-bond acceptors (Lipinski definition) is 2. The zero-order valence-corrected chi connectivity index (χ0v) is 19.3. The molecule has 0 bridgehead atoms. The lowest BCUT2D eigenvalue weighted by atomic mass is 9.52. The number of hydrogen-bond donors (Lipinski definition) is 0. The van der Waals surface area contributed by atoms with Crippen LogP contribution in [0.1, 0.15) is 69.8 Å². The molecule has 0 radical (unpaired) electrons. The molecule has 3 heteroatoms. The largest absolute Gasteiger partial charge is 0.496 e. The van der Waals surface area contributed by atoms with Gasteiger partial charge in [0.25, 0.3) is 0 Å². The molecular weight excluding hydrogens is 375 g/mol. The second-order valence-electron chi connectivity index (χ2n) is 9.23. The van der Waals surface area contributed by atoms with E-state index in [1.807, 2.05) is 0 Å². The Hall–Kier alpha value is -1.27. The molecular formula is C26H37O2P. The molecule has 2 nitrogen and oxygen atoms in total. The van der Waals surface area contributed by atoms with Crippen LogP contribution in [0.2, 0.25) is 0 Å². The highest BCUT2D eigenvalue weighted by molar-refractivity contribution is 7.19. The van der Waals surface area contributed by atoms with Crippen molar-refractivity contribution < 1.29 is 9.47 Å². The summed E-state index contributed by atoms with van der Waals surface area (Å²) in [6, 6.07) is 6.31. The second-order valence-corrected chi connectivity index (χ2v) is 10.2. The molecule has 3 aliphatic carbocycles. The first-order valence-corrected chi connectivity index (χ1v) is 12.1. The highest BCUT2D eigenvalue weighted by Crippen LogP contribution is 2.62. The van der Waals surface area contributed by atoms with Gasteiger partial charge in [-0.1, -0.05) is 68.9 Å². The first-order valence-electron chi connectivity index (χ1n) is 11.5. The normalized spacial score (nSPS) is 31.0. The van der Waals surface area contributed by atoms with Gasteiger partial charge >= 0.3 is 0 Å². The van der Waals surface area contributed by atoms with Crippen molar-refractivity contribution in [1.29, 1.82) is 0 Å². The van der Waals surface area contributed by atoms with Crippen molar-refractivity contribution in [3.8, 4) is 11.5 Å². The molecule has 3 unspecified atom stereocenters. The monoisotopic (exact) mass is 412 g/mol. The lowest BCUT2D eigenvalue weighted by molar-refractivity contribution is 0.150. The van der Waals surface area contributed by atoms with Gasteiger partial charge in [-0.25, -0.2) is 0 Å². The number of benzene rings is 1. The summed E-state index contributed by atoms with van der Waals surface area (Å²) in [7, 11) is 6.99. The lowest BCUT2D eigenvalue weighted by Gasteiger charge is -2.57. The van der Waals surface area contributed by atoms with E-state index in [1.54, 1.807) is 14.2 Å². The number of allylic oxidation sites excluding steroid dienone is 4. The average Bonchev–Trinajstić information content (AvgIpc) is 2.80. The Morgan fingerprint density at radius 2 is 1.28 bits per heavy atom. The van der Waals surface area contributed by atoms with E-state index in [0.717, 1.165) is 11.5 Å². The van der Waals surface area contributed by atoms with E-state index < -0.39 is 0 Å². The zero-order chi connectivity index (χ0) is 20.3. The summed E-state index contributed by atoms with van der Waals surface area (Å²) in [5.41, 5.74) is 1.14. The first-order chi connectivity index (χ1) is 14.2. The molecule has 0 N–H and O–H groups in total. The van der Waals surface area contributed by atoms with Gasteiger partial charge in [0.1, 0.15) is 11.5 Å². The van der Waals surface area contributed by atoms with E-state index in [0.29, 0.717) is 11.8 Å². The van der Waals surface area contributed by atoms with Gasteiger partial charge in [0.2, 0.25) is 0 Å². The van der Waals surface area contributed by atoms with E-state index in [4.69, 9.17) is 9.47 Å². The van der Waals surface area contributed by atoms with Crippen LogP contribution < -0.4 is 9.47 Å². The van der Waals surface area contributed by atoms with E-state index in [1.165, 1.54) is 69.8 Å². The number of methoxy groups -OCH3 is 2. The van der Waals surface area contributed by atoms with E-state index in [2.05, 4.69) is 51.7 Å². The van der Waals surface area contributed by atoms with Crippen molar-refractivity contribution in [3.05, 3.63) is 48.1 Å². The molecule has 0 saturated heterocycles. The lowest BCUT2D eigenvalue weighted by Crippen LogP contribution is -2.56. The molecule has 1 aromatic carbocycles. The van der Waals surface area contributed by atoms with Crippen LogP contribution in [0, 0.1) is 11.8 Å². The van der Waals surface area contributed by atoms with Crippen LogP contribution in [0.5, 0.6) is 11.5 Å². The van der Waals surface area contributed by atoms with Gasteiger partial charge in [-0.05, 0) is 49.7 Å². The summed E-state index contributed by atoms with van der Waals surface area (Å²) in [4.78, 5) is 0. The molecule has 29 heavy (non-hydrogen) atoms. The zero-order valence-electron chi connectivity index (χ0n) is 18.2. The Kier molecular flexibility index (Phi) is 6.40. The van der Waals surface area contributed by atoms with Gasteiger partial charge in [-0.15, -0.1) is 9.24 Å². The van der Waals surface area contributed by atoms with Crippen LogP contribution in [0.25, 0.3) is 0 Å². The molecule has 158 valence electrons. The van der Waals surface area contributed by atoms with Gasteiger partial charge < -0.3 is 9.47 Å². The molecule has 2 fully saturated rings. The molecule has 3 atom stereocenters. The fourth-order valence-electron chi connectivity index (χ4n) is 6.57. The summed E-state index contributed by atoms with van der Waals surface area (Å²) in [6.45, 7) is 0. The smallest absolute Gasteiger partial charge is 0.126 e. The van der Waals surface area contributed by atoms with Gasteiger partial charge in [0, 0.05) is 16.1 Å². The van der Waals surface area contributed by atoms with Crippen LogP contribution >= 0.6 is 9.24 Å². The minimum atomic E-state index is -0.118. The van der Waals surface area contributed by atoms with Crippen molar-refractivity contribution in [2.45, 2.75) is 74.8 Å². The summed E-state index contributed by atoms with van der Waals surface area (Å²) in [5, 5.41) is -0.00785. The molecule has 2 saturated carbocycles. The minimum absolute atomic E-state index is 0.00785. The van der Waals surface area contributed by atoms with Crippen LogP contribution in [-0.2, 0) is 5.41 Å². The Labute approximate surface area is 179 Å². The van der Waals surface area contributed by atoms with Crippen molar-refractivity contribution in [1.82, 2.24) is 0 Å². The van der Waals surface area contributed by atoms with Crippen LogP contribution in [0.15, 0.2) is 42.5 Å². The van der Waals surface area contributed by atoms with Crippen molar-refractivity contribution in [2.75, 3.05) is 14.2 Å². The third-order valence-corrected chi connectivity index (χ3v) is 9.07. The van der Waals surface area contributed by atoms with Crippen molar-refractivity contribution in [2.24, 2.45) is 11.8 Å².